The zero-order valence-electron chi connectivity index (χ0n) is 18.7. The molecule has 1 heterocycles. The average Bonchev–Trinajstić information content (AvgIpc) is 3.08. The highest BCUT2D eigenvalue weighted by Gasteiger charge is 2.56. The van der Waals surface area contributed by atoms with Crippen molar-refractivity contribution in [2.45, 2.75) is 118 Å². The van der Waals surface area contributed by atoms with E-state index in [4.69, 9.17) is 21.1 Å². The van der Waals surface area contributed by atoms with Crippen LogP contribution in [0.5, 0.6) is 0 Å². The highest BCUT2D eigenvalue weighted by atomic mass is 35.5. The maximum absolute atomic E-state index is 13.8. The Balaban J connectivity index is 1.28. The Morgan fingerprint density at radius 3 is 2.53 bits per heavy atom. The molecule has 5 rings (SSSR count). The number of hydrogen-bond acceptors (Lipinski definition) is 6. The van der Waals surface area contributed by atoms with Crippen molar-refractivity contribution in [2.24, 2.45) is 0 Å². The summed E-state index contributed by atoms with van der Waals surface area (Å²) in [6, 6.07) is -0.417. The Kier molecular flexibility index (Phi) is 7.04. The molecule has 32 heavy (non-hydrogen) atoms. The molecule has 4 N–H and O–H groups in total. The zero-order chi connectivity index (χ0) is 23.1. The molecule has 1 aliphatic heterocycles. The van der Waals surface area contributed by atoms with Crippen molar-refractivity contribution in [3.63, 3.8) is 0 Å². The fourth-order valence-corrected chi connectivity index (χ4v) is 6.05. The van der Waals surface area contributed by atoms with E-state index in [0.717, 1.165) is 0 Å². The lowest BCUT2D eigenvalue weighted by molar-refractivity contribution is -0.140. The largest absolute Gasteiger partial charge is 0.391 e. The molecule has 0 spiro atoms. The first-order valence-electron chi connectivity index (χ1n) is 11.7. The minimum absolute atomic E-state index is 0.112. The average molecular weight is 476 g/mol. The van der Waals surface area contributed by atoms with Gasteiger partial charge in [0, 0.05) is 12.0 Å². The lowest BCUT2D eigenvalue weighted by Crippen LogP contribution is -2.71. The Bertz CT molecular complexity index is 720. The number of aliphatic hydroxyl groups excluding tert-OH is 1. The smallest absolute Gasteiger partial charge is 0.246 e. The summed E-state index contributed by atoms with van der Waals surface area (Å²) in [6.45, 7) is 3.57. The molecule has 0 radical (unpaired) electrons. The molecule has 7 unspecified atom stereocenters. The fourth-order valence-electron chi connectivity index (χ4n) is 5.82. The lowest BCUT2D eigenvalue weighted by atomic mass is 9.59. The van der Waals surface area contributed by atoms with Gasteiger partial charge in [0.1, 0.15) is 25.0 Å². The van der Waals surface area contributed by atoms with Gasteiger partial charge in [-0.05, 0) is 58.8 Å². The van der Waals surface area contributed by atoms with Crippen LogP contribution in [0.1, 0.15) is 65.2 Å². The highest BCUT2D eigenvalue weighted by Crippen LogP contribution is 2.47. The Hall–Kier alpha value is -1.00. The molecule has 2 amide bonds. The summed E-state index contributed by atoms with van der Waals surface area (Å²) in [5, 5.41) is 19.7. The van der Waals surface area contributed by atoms with Gasteiger partial charge in [0.25, 0.3) is 0 Å². The second-order valence-electron chi connectivity index (χ2n) is 10.1. The summed E-state index contributed by atoms with van der Waals surface area (Å²) in [4.78, 5) is 25.4. The number of hydrogen-bond donors (Lipinski definition) is 4. The monoisotopic (exact) mass is 475 g/mol. The summed E-state index contributed by atoms with van der Waals surface area (Å²) >= 11 is 5.90. The van der Waals surface area contributed by atoms with Gasteiger partial charge in [-0.2, -0.15) is 0 Å². The van der Waals surface area contributed by atoms with Crippen LogP contribution in [0, 0.1) is 0 Å². The molecule has 4 saturated carbocycles. The quantitative estimate of drug-likeness (QED) is 0.431. The van der Waals surface area contributed by atoms with E-state index in [9.17, 15) is 19.1 Å². The van der Waals surface area contributed by atoms with Crippen LogP contribution in [0.25, 0.3) is 0 Å². The van der Waals surface area contributed by atoms with Gasteiger partial charge in [0.15, 0.2) is 0 Å². The van der Waals surface area contributed by atoms with E-state index < -0.39 is 34.8 Å². The van der Waals surface area contributed by atoms with Gasteiger partial charge in [-0.25, -0.2) is 4.39 Å². The lowest BCUT2D eigenvalue weighted by Gasteiger charge is -2.56. The second kappa shape index (κ2) is 9.33. The van der Waals surface area contributed by atoms with Crippen LogP contribution in [0.3, 0.4) is 0 Å². The van der Waals surface area contributed by atoms with E-state index in [0.29, 0.717) is 44.9 Å². The van der Waals surface area contributed by atoms with Gasteiger partial charge >= 0.3 is 0 Å². The van der Waals surface area contributed by atoms with E-state index in [1.165, 1.54) is 0 Å². The molecular weight excluding hydrogens is 441 g/mol. The summed E-state index contributed by atoms with van der Waals surface area (Å²) in [5.41, 5.74) is -1.18. The van der Waals surface area contributed by atoms with Crippen LogP contribution in [0.15, 0.2) is 0 Å². The minimum Gasteiger partial charge on any atom is -0.391 e. The third kappa shape index (κ3) is 4.92. The van der Waals surface area contributed by atoms with Crippen molar-refractivity contribution in [1.82, 2.24) is 16.0 Å². The molecule has 182 valence electrons. The molecule has 5 fully saturated rings. The van der Waals surface area contributed by atoms with E-state index in [-0.39, 0.29) is 43.3 Å². The molecule has 4 aliphatic carbocycles. The van der Waals surface area contributed by atoms with Crippen molar-refractivity contribution in [3.05, 3.63) is 0 Å². The number of halogens is 2. The predicted octanol–water partition coefficient (Wildman–Crippen LogP) is 1.27. The molecular formula is C22H35ClFN3O5. The number of rotatable bonds is 6. The molecule has 0 aromatic heterocycles. The number of ether oxygens (including phenoxy) is 2. The van der Waals surface area contributed by atoms with Crippen molar-refractivity contribution in [3.8, 4) is 0 Å². The first-order valence-corrected chi connectivity index (χ1v) is 12.2. The summed E-state index contributed by atoms with van der Waals surface area (Å²) in [6.07, 6.45) is 1.68. The second-order valence-corrected chi connectivity index (χ2v) is 10.7. The van der Waals surface area contributed by atoms with Crippen molar-refractivity contribution >= 4 is 23.4 Å². The molecule has 2 bridgehead atoms. The third-order valence-corrected chi connectivity index (χ3v) is 8.27. The van der Waals surface area contributed by atoms with Gasteiger partial charge in [0.2, 0.25) is 11.8 Å². The Labute approximate surface area is 193 Å². The molecule has 0 aromatic carbocycles. The number of carbonyl (C=O) groups is 2. The molecule has 5 aliphatic rings. The first kappa shape index (κ1) is 24.1. The maximum Gasteiger partial charge on any atom is 0.246 e. The number of alkyl halides is 2. The first-order chi connectivity index (χ1) is 15.1. The van der Waals surface area contributed by atoms with Crippen molar-refractivity contribution < 1.29 is 28.6 Å². The standard InChI is InChI=1S/C22H35ClFN3O5/c1-12-19(25-13(2)32-12)20(30)27-21-5-7-22(8-6-21,17(28)10-21)26-18(29)11-31-14-3-4-15(23)16(24)9-14/h12-17,19,25,28H,3-11H2,1-2H3,(H,26,29)(H,27,30). The number of nitrogens with one attached hydrogen (secondary N) is 3. The maximum atomic E-state index is 13.8. The van der Waals surface area contributed by atoms with Gasteiger partial charge in [-0.1, -0.05) is 0 Å². The Morgan fingerprint density at radius 1 is 1.22 bits per heavy atom. The number of fused-ring (bicyclic) bond motifs is 3. The van der Waals surface area contributed by atoms with Crippen molar-refractivity contribution in [2.75, 3.05) is 6.61 Å². The minimum atomic E-state index is -1.11. The van der Waals surface area contributed by atoms with E-state index in [1.54, 1.807) is 0 Å². The van der Waals surface area contributed by atoms with Crippen LogP contribution in [-0.2, 0) is 19.1 Å². The molecule has 0 aromatic rings. The normalized spacial score (nSPS) is 46.1. The van der Waals surface area contributed by atoms with Gasteiger partial charge in [0.05, 0.1) is 29.2 Å². The van der Waals surface area contributed by atoms with E-state index in [1.807, 2.05) is 13.8 Å². The number of aliphatic hydroxyl groups is 1. The summed E-state index contributed by atoms with van der Waals surface area (Å²) < 4.78 is 25.0. The van der Waals surface area contributed by atoms with Gasteiger partial charge in [-0.15, -0.1) is 11.6 Å². The predicted molar refractivity (Wildman–Crippen MR) is 116 cm³/mol. The SMILES string of the molecule is CC1NC(C(=O)NC23CCC(NC(=O)COC4CCC(Cl)C(F)C4)(CC2)C(O)C3)C(C)O1. The van der Waals surface area contributed by atoms with Crippen LogP contribution < -0.4 is 16.0 Å². The van der Waals surface area contributed by atoms with E-state index >= 15 is 0 Å². The van der Waals surface area contributed by atoms with Gasteiger partial charge < -0.3 is 25.2 Å². The third-order valence-electron chi connectivity index (χ3n) is 7.78. The number of amides is 2. The topological polar surface area (TPSA) is 109 Å². The molecule has 7 atom stereocenters. The van der Waals surface area contributed by atoms with Crippen LogP contribution in [0.2, 0.25) is 0 Å². The van der Waals surface area contributed by atoms with Crippen LogP contribution >= 0.6 is 11.6 Å². The Morgan fingerprint density at radius 2 is 1.94 bits per heavy atom. The molecule has 1 saturated heterocycles. The molecule has 10 heteroatoms. The molecule has 8 nitrogen and oxygen atoms in total. The zero-order valence-corrected chi connectivity index (χ0v) is 19.5. The summed E-state index contributed by atoms with van der Waals surface area (Å²) in [5.74, 6) is -0.417. The van der Waals surface area contributed by atoms with E-state index in [2.05, 4.69) is 16.0 Å². The highest BCUT2D eigenvalue weighted by molar-refractivity contribution is 6.21. The van der Waals surface area contributed by atoms with Crippen molar-refractivity contribution in [1.29, 1.82) is 0 Å². The fraction of sp³-hybridized carbons (Fsp3) is 0.909. The van der Waals surface area contributed by atoms with Crippen LogP contribution in [0.4, 0.5) is 4.39 Å². The number of carbonyl (C=O) groups excluding carboxylic acids is 2. The van der Waals surface area contributed by atoms with Gasteiger partial charge in [-0.3, -0.25) is 14.9 Å². The van der Waals surface area contributed by atoms with Crippen LogP contribution in [-0.4, -0.2) is 76.7 Å². The summed E-state index contributed by atoms with van der Waals surface area (Å²) in [7, 11) is 0.